The Morgan fingerprint density at radius 1 is 1.60 bits per heavy atom. The molecule has 1 aromatic rings. The molecule has 4 nitrogen and oxygen atoms in total. The highest BCUT2D eigenvalue weighted by Gasteiger charge is 2.08. The Balaban J connectivity index is 2.80. The molecule has 0 saturated carbocycles. The molecular weight excluding hydrogens is 260 g/mol. The molecule has 0 aliphatic heterocycles. The van der Waals surface area contributed by atoms with E-state index in [0.29, 0.717) is 0 Å². The Morgan fingerprint density at radius 3 is 2.73 bits per heavy atom. The number of hydrazine groups is 1. The molecule has 1 amide bonds. The molecule has 2 N–H and O–H groups in total. The summed E-state index contributed by atoms with van der Waals surface area (Å²) in [6, 6.07) is 5.49. The van der Waals surface area contributed by atoms with E-state index in [1.54, 1.807) is 7.11 Å². The van der Waals surface area contributed by atoms with Gasteiger partial charge in [-0.2, -0.15) is 0 Å². The van der Waals surface area contributed by atoms with Crippen LogP contribution in [-0.4, -0.2) is 25.1 Å². The van der Waals surface area contributed by atoms with Crippen molar-refractivity contribution in [2.75, 3.05) is 14.2 Å². The number of hydrogen-bond acceptors (Lipinski definition) is 3. The second-order valence-electron chi connectivity index (χ2n) is 3.15. The van der Waals surface area contributed by atoms with E-state index < -0.39 is 0 Å². The van der Waals surface area contributed by atoms with Crippen molar-refractivity contribution in [3.8, 4) is 5.75 Å². The first-order chi connectivity index (χ1) is 7.04. The monoisotopic (exact) mass is 272 g/mol. The van der Waals surface area contributed by atoms with Crippen molar-refractivity contribution in [2.45, 2.75) is 6.42 Å². The standard InChI is InChI=1S/C10H13BrN2O2/c1-13(12)10(14)6-7-3-4-9(15-2)8(11)5-7/h3-5H,6,12H2,1-2H3. The van der Waals surface area contributed by atoms with Crippen LogP contribution < -0.4 is 10.6 Å². The first-order valence-electron chi connectivity index (χ1n) is 4.38. The summed E-state index contributed by atoms with van der Waals surface area (Å²) in [7, 11) is 3.12. The molecular formula is C10H13BrN2O2. The summed E-state index contributed by atoms with van der Waals surface area (Å²) in [5.74, 6) is 5.94. The van der Waals surface area contributed by atoms with Gasteiger partial charge in [-0.05, 0) is 33.6 Å². The molecule has 0 unspecified atom stereocenters. The summed E-state index contributed by atoms with van der Waals surface area (Å²) in [4.78, 5) is 11.3. The van der Waals surface area contributed by atoms with Crippen LogP contribution in [0.5, 0.6) is 5.75 Å². The number of likely N-dealkylation sites (N-methyl/N-ethyl adjacent to an activating group) is 1. The number of carbonyl (C=O) groups excluding carboxylic acids is 1. The van der Waals surface area contributed by atoms with E-state index in [0.717, 1.165) is 20.8 Å². The average Bonchev–Trinajstić information content (AvgIpc) is 2.18. The maximum atomic E-state index is 11.3. The number of nitrogens with two attached hydrogens (primary N) is 1. The normalized spacial score (nSPS) is 9.87. The number of rotatable bonds is 3. The SMILES string of the molecule is COc1ccc(CC(=O)N(C)N)cc1Br. The Morgan fingerprint density at radius 2 is 2.27 bits per heavy atom. The number of amides is 1. The van der Waals surface area contributed by atoms with Gasteiger partial charge in [-0.3, -0.25) is 9.80 Å². The van der Waals surface area contributed by atoms with Crippen LogP contribution in [0, 0.1) is 0 Å². The number of ether oxygens (including phenoxy) is 1. The van der Waals surface area contributed by atoms with Crippen molar-refractivity contribution >= 4 is 21.8 Å². The predicted octanol–water partition coefficient (Wildman–Crippen LogP) is 1.33. The van der Waals surface area contributed by atoms with E-state index in [2.05, 4.69) is 15.9 Å². The van der Waals surface area contributed by atoms with Gasteiger partial charge in [-0.15, -0.1) is 0 Å². The molecule has 1 aromatic carbocycles. The van der Waals surface area contributed by atoms with Crippen LogP contribution >= 0.6 is 15.9 Å². The molecule has 0 heterocycles. The fraction of sp³-hybridized carbons (Fsp3) is 0.300. The molecule has 0 aliphatic carbocycles. The molecule has 15 heavy (non-hydrogen) atoms. The number of hydrogen-bond donors (Lipinski definition) is 1. The van der Waals surface area contributed by atoms with Crippen LogP contribution in [0.3, 0.4) is 0 Å². The first-order valence-corrected chi connectivity index (χ1v) is 5.17. The smallest absolute Gasteiger partial charge is 0.240 e. The molecule has 0 bridgehead atoms. The summed E-state index contributed by atoms with van der Waals surface area (Å²) < 4.78 is 5.91. The minimum atomic E-state index is -0.132. The minimum Gasteiger partial charge on any atom is -0.496 e. The first kappa shape index (κ1) is 12.0. The van der Waals surface area contributed by atoms with Crippen LogP contribution in [0.25, 0.3) is 0 Å². The summed E-state index contributed by atoms with van der Waals surface area (Å²) in [5, 5.41) is 1.08. The highest BCUT2D eigenvalue weighted by atomic mass is 79.9. The van der Waals surface area contributed by atoms with Crippen molar-refractivity contribution in [1.29, 1.82) is 0 Å². The lowest BCUT2D eigenvalue weighted by atomic mass is 10.1. The highest BCUT2D eigenvalue weighted by molar-refractivity contribution is 9.10. The quantitative estimate of drug-likeness (QED) is 0.513. The molecule has 5 heteroatoms. The van der Waals surface area contributed by atoms with Gasteiger partial charge in [0.1, 0.15) is 5.75 Å². The molecule has 0 aromatic heterocycles. The fourth-order valence-electron chi connectivity index (χ4n) is 1.12. The number of carbonyl (C=O) groups is 1. The van der Waals surface area contributed by atoms with Gasteiger partial charge >= 0.3 is 0 Å². The van der Waals surface area contributed by atoms with Gasteiger partial charge in [0.05, 0.1) is 18.0 Å². The number of nitrogens with zero attached hydrogens (tertiary/aromatic N) is 1. The van der Waals surface area contributed by atoms with Crippen molar-refractivity contribution in [3.63, 3.8) is 0 Å². The second kappa shape index (κ2) is 5.14. The zero-order chi connectivity index (χ0) is 11.4. The van der Waals surface area contributed by atoms with Crippen LogP contribution in [0.4, 0.5) is 0 Å². The Hall–Kier alpha value is -1.07. The number of halogens is 1. The molecule has 0 fully saturated rings. The van der Waals surface area contributed by atoms with Crippen molar-refractivity contribution in [2.24, 2.45) is 5.84 Å². The van der Waals surface area contributed by atoms with Gasteiger partial charge in [0, 0.05) is 7.05 Å². The summed E-state index contributed by atoms with van der Waals surface area (Å²) in [6.45, 7) is 0. The molecule has 0 radical (unpaired) electrons. The zero-order valence-electron chi connectivity index (χ0n) is 8.66. The van der Waals surface area contributed by atoms with Gasteiger partial charge in [0.25, 0.3) is 0 Å². The van der Waals surface area contributed by atoms with Crippen molar-refractivity contribution in [3.05, 3.63) is 28.2 Å². The topological polar surface area (TPSA) is 55.6 Å². The average molecular weight is 273 g/mol. The summed E-state index contributed by atoms with van der Waals surface area (Å²) >= 11 is 3.35. The Labute approximate surface area is 97.1 Å². The Kier molecular flexibility index (Phi) is 4.11. The molecule has 0 atom stereocenters. The van der Waals surface area contributed by atoms with E-state index in [1.807, 2.05) is 18.2 Å². The fourth-order valence-corrected chi connectivity index (χ4v) is 1.71. The number of benzene rings is 1. The van der Waals surface area contributed by atoms with E-state index in [9.17, 15) is 4.79 Å². The maximum Gasteiger partial charge on any atom is 0.240 e. The molecule has 0 spiro atoms. The van der Waals surface area contributed by atoms with Crippen LogP contribution in [-0.2, 0) is 11.2 Å². The van der Waals surface area contributed by atoms with Gasteiger partial charge in [0.2, 0.25) is 5.91 Å². The molecule has 0 aliphatic rings. The minimum absolute atomic E-state index is 0.132. The maximum absolute atomic E-state index is 11.3. The largest absolute Gasteiger partial charge is 0.496 e. The second-order valence-corrected chi connectivity index (χ2v) is 4.00. The van der Waals surface area contributed by atoms with Gasteiger partial charge < -0.3 is 4.74 Å². The third-order valence-electron chi connectivity index (χ3n) is 1.96. The predicted molar refractivity (Wildman–Crippen MR) is 61.4 cm³/mol. The van der Waals surface area contributed by atoms with Crippen LogP contribution in [0.1, 0.15) is 5.56 Å². The number of methoxy groups -OCH3 is 1. The van der Waals surface area contributed by atoms with Crippen LogP contribution in [0.2, 0.25) is 0 Å². The van der Waals surface area contributed by atoms with E-state index in [-0.39, 0.29) is 12.3 Å². The molecule has 82 valence electrons. The zero-order valence-corrected chi connectivity index (χ0v) is 10.2. The van der Waals surface area contributed by atoms with Crippen molar-refractivity contribution in [1.82, 2.24) is 5.01 Å². The van der Waals surface area contributed by atoms with Gasteiger partial charge in [0.15, 0.2) is 0 Å². The van der Waals surface area contributed by atoms with Gasteiger partial charge in [-0.25, -0.2) is 5.84 Å². The van der Waals surface area contributed by atoms with E-state index >= 15 is 0 Å². The summed E-state index contributed by atoms with van der Waals surface area (Å²) in [5.41, 5.74) is 0.893. The van der Waals surface area contributed by atoms with E-state index in [1.165, 1.54) is 7.05 Å². The van der Waals surface area contributed by atoms with Gasteiger partial charge in [-0.1, -0.05) is 6.07 Å². The van der Waals surface area contributed by atoms with E-state index in [4.69, 9.17) is 10.6 Å². The van der Waals surface area contributed by atoms with Crippen molar-refractivity contribution < 1.29 is 9.53 Å². The van der Waals surface area contributed by atoms with Crippen LogP contribution in [0.15, 0.2) is 22.7 Å². The molecule has 0 saturated heterocycles. The lowest BCUT2D eigenvalue weighted by molar-refractivity contribution is -0.129. The molecule has 1 rings (SSSR count). The third-order valence-corrected chi connectivity index (χ3v) is 2.58. The lowest BCUT2D eigenvalue weighted by Gasteiger charge is -2.10. The highest BCUT2D eigenvalue weighted by Crippen LogP contribution is 2.25. The summed E-state index contributed by atoms with van der Waals surface area (Å²) in [6.07, 6.45) is 0.287. The third kappa shape index (κ3) is 3.21. The Bertz CT molecular complexity index is 366. The lowest BCUT2D eigenvalue weighted by Crippen LogP contribution is -2.34.